The largest absolute Gasteiger partial charge is 0.471 e. The fourth-order valence-electron chi connectivity index (χ4n) is 3.28. The monoisotopic (exact) mass is 520 g/mol. The van der Waals surface area contributed by atoms with E-state index in [0.717, 1.165) is 39.1 Å². The molecule has 2 aromatic rings. The lowest BCUT2D eigenvalue weighted by molar-refractivity contribution is 0.0996. The fourth-order valence-corrected chi connectivity index (χ4v) is 4.19. The quantitative estimate of drug-likeness (QED) is 0.266. The van der Waals surface area contributed by atoms with Crippen molar-refractivity contribution in [3.05, 3.63) is 39.7 Å². The third kappa shape index (κ3) is 6.50. The lowest BCUT2D eigenvalue weighted by atomic mass is 10.2. The molecule has 0 saturated carbocycles. The van der Waals surface area contributed by atoms with E-state index >= 15 is 0 Å². The second kappa shape index (κ2) is 11.7. The van der Waals surface area contributed by atoms with Gasteiger partial charge < -0.3 is 25.6 Å². The Morgan fingerprint density at radius 2 is 1.94 bits per heavy atom. The number of likely N-dealkylation sites (N-methyl/N-ethyl adjacent to an activating group) is 1. The van der Waals surface area contributed by atoms with Crippen LogP contribution in [0.1, 0.15) is 22.3 Å². The Morgan fingerprint density at radius 3 is 2.62 bits per heavy atom. The number of nitrogens with two attached hydrogens (primary N) is 1. The Kier molecular flexibility index (Phi) is 8.94. The van der Waals surface area contributed by atoms with Crippen molar-refractivity contribution >= 4 is 40.1 Å². The maximum Gasteiger partial charge on any atom is 0.319 e. The first-order chi connectivity index (χ1) is 16.2. The van der Waals surface area contributed by atoms with Crippen LogP contribution < -0.4 is 21.1 Å². The van der Waals surface area contributed by atoms with Gasteiger partial charge in [-0.05, 0) is 37.6 Å². The molecule has 0 spiro atoms. The molecular formula is C20H24ClF3N6O3S. The first-order valence-corrected chi connectivity index (χ1v) is 11.5. The molecule has 1 aliphatic rings. The molecule has 0 atom stereocenters. The second-order valence-corrected chi connectivity index (χ2v) is 8.85. The van der Waals surface area contributed by atoms with E-state index in [1.165, 1.54) is 0 Å². The smallest absolute Gasteiger partial charge is 0.319 e. The Labute approximate surface area is 203 Å². The van der Waals surface area contributed by atoms with Crippen molar-refractivity contribution in [2.24, 2.45) is 5.73 Å². The number of hydrogen-bond donors (Lipinski definition) is 3. The SMILES string of the molecule is CN1CCN(CCCNC(=O)Nc2snc(OCc3c(F)cc(Cl)c(F)c3F)c2C(N)=O)CC1. The van der Waals surface area contributed by atoms with Gasteiger partial charge in [0.1, 0.15) is 23.0 Å². The van der Waals surface area contributed by atoms with E-state index in [0.29, 0.717) is 24.1 Å². The zero-order valence-electron chi connectivity index (χ0n) is 18.3. The van der Waals surface area contributed by atoms with Crippen molar-refractivity contribution in [2.45, 2.75) is 13.0 Å². The summed E-state index contributed by atoms with van der Waals surface area (Å²) in [4.78, 5) is 28.7. The number of carbonyl (C=O) groups excluding carboxylic acids is 2. The number of primary amides is 1. The molecule has 0 aliphatic carbocycles. The van der Waals surface area contributed by atoms with E-state index in [4.69, 9.17) is 22.1 Å². The molecule has 9 nitrogen and oxygen atoms in total. The average molecular weight is 521 g/mol. The summed E-state index contributed by atoms with van der Waals surface area (Å²) in [6.07, 6.45) is 0.742. The molecular weight excluding hydrogens is 497 g/mol. The van der Waals surface area contributed by atoms with Gasteiger partial charge in [-0.15, -0.1) is 0 Å². The minimum Gasteiger partial charge on any atom is -0.471 e. The summed E-state index contributed by atoms with van der Waals surface area (Å²) in [5, 5.41) is 4.44. The van der Waals surface area contributed by atoms with E-state index < -0.39 is 46.6 Å². The van der Waals surface area contributed by atoms with Crippen LogP contribution in [0, 0.1) is 17.5 Å². The van der Waals surface area contributed by atoms with E-state index in [-0.39, 0.29) is 16.4 Å². The van der Waals surface area contributed by atoms with Gasteiger partial charge in [-0.2, -0.15) is 4.37 Å². The van der Waals surface area contributed by atoms with E-state index in [2.05, 4.69) is 31.9 Å². The number of nitrogens with zero attached hydrogens (tertiary/aromatic N) is 3. The van der Waals surface area contributed by atoms with Crippen molar-refractivity contribution in [1.29, 1.82) is 0 Å². The molecule has 1 aromatic heterocycles. The molecule has 34 heavy (non-hydrogen) atoms. The molecule has 14 heteroatoms. The van der Waals surface area contributed by atoms with E-state index in [9.17, 15) is 22.8 Å². The molecule has 0 radical (unpaired) electrons. The normalized spacial score (nSPS) is 14.7. The van der Waals surface area contributed by atoms with Crippen molar-refractivity contribution < 1.29 is 27.5 Å². The molecule has 2 heterocycles. The van der Waals surface area contributed by atoms with Gasteiger partial charge in [0.25, 0.3) is 5.91 Å². The van der Waals surface area contributed by atoms with Gasteiger partial charge in [-0.3, -0.25) is 10.1 Å². The number of urea groups is 1. The summed E-state index contributed by atoms with van der Waals surface area (Å²) in [6, 6.07) is 0.0309. The maximum absolute atomic E-state index is 14.0. The number of piperazine rings is 1. The third-order valence-corrected chi connectivity index (χ3v) is 6.25. The van der Waals surface area contributed by atoms with Gasteiger partial charge in [-0.25, -0.2) is 18.0 Å². The summed E-state index contributed by atoms with van der Waals surface area (Å²) >= 11 is 6.10. The predicted molar refractivity (Wildman–Crippen MR) is 122 cm³/mol. The third-order valence-electron chi connectivity index (χ3n) is 5.23. The number of benzene rings is 1. The van der Waals surface area contributed by atoms with Crippen LogP contribution in [0.15, 0.2) is 6.07 Å². The van der Waals surface area contributed by atoms with Crippen LogP contribution in [0.5, 0.6) is 5.88 Å². The lowest BCUT2D eigenvalue weighted by Crippen LogP contribution is -2.45. The van der Waals surface area contributed by atoms with Gasteiger partial charge in [0, 0.05) is 32.7 Å². The Hall–Kier alpha value is -2.61. The molecule has 4 N–H and O–H groups in total. The summed E-state index contributed by atoms with van der Waals surface area (Å²) in [6.45, 7) is 4.44. The van der Waals surface area contributed by atoms with Crippen molar-refractivity contribution in [3.8, 4) is 5.88 Å². The number of anilines is 1. The van der Waals surface area contributed by atoms with Gasteiger partial charge in [0.15, 0.2) is 11.6 Å². The van der Waals surface area contributed by atoms with Crippen molar-refractivity contribution in [3.63, 3.8) is 0 Å². The zero-order chi connectivity index (χ0) is 24.8. The van der Waals surface area contributed by atoms with Crippen LogP contribution in [0.4, 0.5) is 23.0 Å². The minimum absolute atomic E-state index is 0.00213. The molecule has 1 aliphatic heterocycles. The van der Waals surface area contributed by atoms with Crippen LogP contribution in [0.2, 0.25) is 5.02 Å². The topological polar surface area (TPSA) is 113 Å². The highest BCUT2D eigenvalue weighted by atomic mass is 35.5. The highest BCUT2D eigenvalue weighted by Gasteiger charge is 2.24. The molecule has 186 valence electrons. The highest BCUT2D eigenvalue weighted by Crippen LogP contribution is 2.31. The van der Waals surface area contributed by atoms with E-state index in [1.54, 1.807) is 0 Å². The molecule has 3 rings (SSSR count). The summed E-state index contributed by atoms with van der Waals surface area (Å²) in [7, 11) is 2.08. The lowest BCUT2D eigenvalue weighted by Gasteiger charge is -2.32. The molecule has 0 unspecified atom stereocenters. The molecule has 3 amide bonds. The summed E-state index contributed by atoms with van der Waals surface area (Å²) < 4.78 is 50.6. The van der Waals surface area contributed by atoms with Crippen molar-refractivity contribution in [1.82, 2.24) is 19.5 Å². The number of hydrogen-bond acceptors (Lipinski definition) is 7. The average Bonchev–Trinajstić information content (AvgIpc) is 3.18. The highest BCUT2D eigenvalue weighted by molar-refractivity contribution is 7.11. The number of carbonyl (C=O) groups is 2. The zero-order valence-corrected chi connectivity index (χ0v) is 19.9. The van der Waals surface area contributed by atoms with Crippen LogP contribution in [0.3, 0.4) is 0 Å². The van der Waals surface area contributed by atoms with Gasteiger partial charge in [-0.1, -0.05) is 11.6 Å². The molecule has 1 aromatic carbocycles. The van der Waals surface area contributed by atoms with Crippen LogP contribution in [-0.2, 0) is 6.61 Å². The number of amides is 3. The first-order valence-electron chi connectivity index (χ1n) is 10.4. The fraction of sp³-hybridized carbons (Fsp3) is 0.450. The number of ether oxygens (including phenoxy) is 1. The summed E-state index contributed by atoms with van der Waals surface area (Å²) in [5.74, 6) is -5.40. The minimum atomic E-state index is -1.52. The number of rotatable bonds is 9. The van der Waals surface area contributed by atoms with Gasteiger partial charge in [0.2, 0.25) is 5.88 Å². The van der Waals surface area contributed by atoms with Crippen LogP contribution >= 0.6 is 23.1 Å². The van der Waals surface area contributed by atoms with Gasteiger partial charge >= 0.3 is 6.03 Å². The second-order valence-electron chi connectivity index (χ2n) is 7.67. The maximum atomic E-state index is 14.0. The first kappa shape index (κ1) is 26.0. The number of aromatic nitrogens is 1. The molecule has 1 saturated heterocycles. The number of halogens is 4. The Morgan fingerprint density at radius 1 is 1.24 bits per heavy atom. The number of nitrogens with one attached hydrogen (secondary N) is 2. The summed E-state index contributed by atoms with van der Waals surface area (Å²) in [5.41, 5.74) is 4.36. The predicted octanol–water partition coefficient (Wildman–Crippen LogP) is 2.65. The van der Waals surface area contributed by atoms with E-state index in [1.807, 2.05) is 0 Å². The molecule has 0 bridgehead atoms. The van der Waals surface area contributed by atoms with Crippen molar-refractivity contribution in [2.75, 3.05) is 51.6 Å². The standard InChI is InChI=1S/C20H24ClF3N6O3S/c1-29-5-7-30(8-6-29)4-2-3-26-20(32)27-19-14(17(25)31)18(28-34-19)33-10-11-13(22)9-12(21)16(24)15(11)23/h9H,2-8,10H2,1H3,(H2,25,31)(H2,26,27,32). The van der Waals surface area contributed by atoms with Crippen LogP contribution in [0.25, 0.3) is 0 Å². The van der Waals surface area contributed by atoms with Gasteiger partial charge in [0.05, 0.1) is 10.6 Å². The molecule has 1 fully saturated rings. The Balaban J connectivity index is 1.55. The Bertz CT molecular complexity index is 1050. The van der Waals surface area contributed by atoms with Crippen LogP contribution in [-0.4, -0.2) is 72.4 Å².